The molecule has 0 aromatic heterocycles. The van der Waals surface area contributed by atoms with Gasteiger partial charge in [-0.1, -0.05) is 6.07 Å². The second-order valence-electron chi connectivity index (χ2n) is 6.30. The van der Waals surface area contributed by atoms with Gasteiger partial charge in [0.25, 0.3) is 5.91 Å². The molecule has 0 aliphatic carbocycles. The maximum atomic E-state index is 12.3. The number of carbonyl (C=O) groups is 3. The molecule has 7 nitrogen and oxygen atoms in total. The van der Waals surface area contributed by atoms with E-state index in [-0.39, 0.29) is 11.8 Å². The molecular weight excluding hydrogens is 391 g/mol. The van der Waals surface area contributed by atoms with Gasteiger partial charge in [0.05, 0.1) is 6.42 Å². The van der Waals surface area contributed by atoms with Gasteiger partial charge in [-0.15, -0.1) is 0 Å². The van der Waals surface area contributed by atoms with Gasteiger partial charge in [-0.2, -0.15) is 13.2 Å². The highest BCUT2D eigenvalue weighted by Gasteiger charge is 2.38. The summed E-state index contributed by atoms with van der Waals surface area (Å²) in [5.41, 5.74) is 3.98. The minimum atomic E-state index is -5.08. The number of anilines is 3. The van der Waals surface area contributed by atoms with Crippen LogP contribution in [0.15, 0.2) is 42.5 Å². The third-order valence-electron chi connectivity index (χ3n) is 3.86. The largest absolute Gasteiger partial charge is 0.490 e. The first-order valence-electron chi connectivity index (χ1n) is 8.29. The van der Waals surface area contributed by atoms with Crippen molar-refractivity contribution in [2.75, 3.05) is 29.6 Å². The van der Waals surface area contributed by atoms with Gasteiger partial charge >= 0.3 is 12.1 Å². The Morgan fingerprint density at radius 2 is 1.79 bits per heavy atom. The molecule has 0 atom stereocenters. The predicted molar refractivity (Wildman–Crippen MR) is 101 cm³/mol. The summed E-state index contributed by atoms with van der Waals surface area (Å²) < 4.78 is 31.7. The van der Waals surface area contributed by atoms with Gasteiger partial charge in [0, 0.05) is 36.7 Å². The number of aliphatic carboxylic acids is 1. The van der Waals surface area contributed by atoms with Crippen LogP contribution >= 0.6 is 0 Å². The van der Waals surface area contributed by atoms with Crippen LogP contribution in [0.1, 0.15) is 15.9 Å². The molecule has 0 saturated carbocycles. The molecule has 0 unspecified atom stereocenters. The second kappa shape index (κ2) is 8.63. The highest BCUT2D eigenvalue weighted by molar-refractivity contribution is 6.05. The number of carboxylic acids is 1. The van der Waals surface area contributed by atoms with E-state index in [1.807, 2.05) is 49.3 Å². The number of nitrogens with one attached hydrogen (secondary N) is 2. The van der Waals surface area contributed by atoms with Crippen LogP contribution < -0.4 is 15.5 Å². The van der Waals surface area contributed by atoms with Crippen molar-refractivity contribution in [2.24, 2.45) is 0 Å². The number of halogens is 3. The van der Waals surface area contributed by atoms with Crippen molar-refractivity contribution in [3.63, 3.8) is 0 Å². The van der Waals surface area contributed by atoms with E-state index < -0.39 is 12.1 Å². The Hall–Kier alpha value is -3.56. The van der Waals surface area contributed by atoms with Crippen molar-refractivity contribution in [1.29, 1.82) is 0 Å². The molecule has 3 N–H and O–H groups in total. The molecule has 1 aliphatic rings. The lowest BCUT2D eigenvalue weighted by Crippen LogP contribution is -2.21. The lowest BCUT2D eigenvalue weighted by molar-refractivity contribution is -0.192. The quantitative estimate of drug-likeness (QED) is 0.724. The fourth-order valence-corrected chi connectivity index (χ4v) is 2.44. The monoisotopic (exact) mass is 409 g/mol. The van der Waals surface area contributed by atoms with E-state index in [1.165, 1.54) is 0 Å². The normalized spacial score (nSPS) is 12.2. The summed E-state index contributed by atoms with van der Waals surface area (Å²) in [6.45, 7) is 0. The number of benzene rings is 2. The number of hydrogen-bond acceptors (Lipinski definition) is 4. The molecule has 0 saturated heterocycles. The van der Waals surface area contributed by atoms with E-state index in [9.17, 15) is 22.8 Å². The summed E-state index contributed by atoms with van der Waals surface area (Å²) in [5, 5.41) is 12.8. The molecule has 1 aliphatic heterocycles. The van der Waals surface area contributed by atoms with E-state index in [0.717, 1.165) is 16.9 Å². The highest BCUT2D eigenvalue weighted by atomic mass is 19.4. The van der Waals surface area contributed by atoms with Crippen molar-refractivity contribution < 1.29 is 32.7 Å². The zero-order valence-corrected chi connectivity index (χ0v) is 15.5. The van der Waals surface area contributed by atoms with Gasteiger partial charge in [-0.05, 0) is 42.0 Å². The topological polar surface area (TPSA) is 98.7 Å². The fourth-order valence-electron chi connectivity index (χ4n) is 2.44. The molecular formula is C19H18F3N3O4. The Morgan fingerprint density at radius 1 is 1.14 bits per heavy atom. The Morgan fingerprint density at radius 3 is 2.38 bits per heavy atom. The smallest absolute Gasteiger partial charge is 0.475 e. The summed E-state index contributed by atoms with van der Waals surface area (Å²) in [6, 6.07) is 12.9. The van der Waals surface area contributed by atoms with Gasteiger partial charge in [-0.3, -0.25) is 9.59 Å². The third-order valence-corrected chi connectivity index (χ3v) is 3.86. The van der Waals surface area contributed by atoms with Crippen LogP contribution in [-0.2, 0) is 16.0 Å². The van der Waals surface area contributed by atoms with Gasteiger partial charge < -0.3 is 20.6 Å². The Labute approximate surface area is 164 Å². The maximum absolute atomic E-state index is 12.3. The number of nitrogens with zero attached hydrogens (tertiary/aromatic N) is 1. The van der Waals surface area contributed by atoms with E-state index >= 15 is 0 Å². The molecule has 29 heavy (non-hydrogen) atoms. The number of carboxylic acid groups (broad SMARTS) is 1. The van der Waals surface area contributed by atoms with Crippen LogP contribution in [0.4, 0.5) is 30.2 Å². The Balaban J connectivity index is 0.000000370. The van der Waals surface area contributed by atoms with Crippen LogP contribution in [-0.4, -0.2) is 43.2 Å². The average Bonchev–Trinajstić information content (AvgIpc) is 3.00. The molecule has 0 fully saturated rings. The Kier molecular flexibility index (Phi) is 6.47. The first-order valence-corrected chi connectivity index (χ1v) is 8.29. The number of fused-ring (bicyclic) bond motifs is 1. The van der Waals surface area contributed by atoms with Crippen LogP contribution in [0.3, 0.4) is 0 Å². The molecule has 0 bridgehead atoms. The molecule has 0 radical (unpaired) electrons. The van der Waals surface area contributed by atoms with Crippen LogP contribution in [0.5, 0.6) is 0 Å². The summed E-state index contributed by atoms with van der Waals surface area (Å²) in [6.07, 6.45) is -4.73. The molecule has 2 aromatic rings. The SMILES string of the molecule is CN(C)c1cccc(C(=O)Nc2ccc3c(c2)CC(=O)N3)c1.O=C(O)C(F)(F)F. The third kappa shape index (κ3) is 5.96. The molecule has 154 valence electrons. The summed E-state index contributed by atoms with van der Waals surface area (Å²) >= 11 is 0. The summed E-state index contributed by atoms with van der Waals surface area (Å²) in [5.74, 6) is -2.94. The van der Waals surface area contributed by atoms with Crippen molar-refractivity contribution in [2.45, 2.75) is 12.6 Å². The summed E-state index contributed by atoms with van der Waals surface area (Å²) in [7, 11) is 3.86. The van der Waals surface area contributed by atoms with Crippen molar-refractivity contribution in [3.8, 4) is 0 Å². The average molecular weight is 409 g/mol. The standard InChI is InChI=1S/C17H17N3O2.C2HF3O2/c1-20(2)14-5-3-4-11(9-14)17(22)18-13-6-7-15-12(8-13)10-16(21)19-15;3-2(4,5)1(6)7/h3-9H,10H2,1-2H3,(H,18,22)(H,19,21);(H,6,7). The number of alkyl halides is 3. The van der Waals surface area contributed by atoms with E-state index in [1.54, 1.807) is 12.1 Å². The molecule has 1 heterocycles. The number of amides is 2. The molecule has 2 amide bonds. The van der Waals surface area contributed by atoms with E-state index in [4.69, 9.17) is 9.90 Å². The number of carbonyl (C=O) groups excluding carboxylic acids is 2. The molecule has 10 heteroatoms. The molecule has 3 rings (SSSR count). The Bertz CT molecular complexity index is 943. The fraction of sp³-hybridized carbons (Fsp3) is 0.211. The van der Waals surface area contributed by atoms with Gasteiger partial charge in [0.15, 0.2) is 0 Å². The van der Waals surface area contributed by atoms with Gasteiger partial charge in [-0.25, -0.2) is 4.79 Å². The number of hydrogen-bond donors (Lipinski definition) is 3. The summed E-state index contributed by atoms with van der Waals surface area (Å²) in [4.78, 5) is 34.5. The van der Waals surface area contributed by atoms with Crippen molar-refractivity contribution in [3.05, 3.63) is 53.6 Å². The zero-order chi connectivity index (χ0) is 21.8. The second-order valence-corrected chi connectivity index (χ2v) is 6.30. The maximum Gasteiger partial charge on any atom is 0.490 e. The van der Waals surface area contributed by atoms with Crippen LogP contribution in [0, 0.1) is 0 Å². The molecule has 2 aromatic carbocycles. The minimum Gasteiger partial charge on any atom is -0.475 e. The zero-order valence-electron chi connectivity index (χ0n) is 15.5. The number of rotatable bonds is 3. The van der Waals surface area contributed by atoms with E-state index in [2.05, 4.69) is 10.6 Å². The van der Waals surface area contributed by atoms with Crippen LogP contribution in [0.25, 0.3) is 0 Å². The van der Waals surface area contributed by atoms with Crippen molar-refractivity contribution >= 4 is 34.8 Å². The first kappa shape index (κ1) is 21.7. The lowest BCUT2D eigenvalue weighted by Gasteiger charge is -2.13. The minimum absolute atomic E-state index is 0.0165. The molecule has 0 spiro atoms. The van der Waals surface area contributed by atoms with Gasteiger partial charge in [0.2, 0.25) is 5.91 Å². The highest BCUT2D eigenvalue weighted by Crippen LogP contribution is 2.26. The van der Waals surface area contributed by atoms with E-state index in [0.29, 0.717) is 17.7 Å². The first-order chi connectivity index (χ1) is 13.5. The lowest BCUT2D eigenvalue weighted by atomic mass is 10.1. The van der Waals surface area contributed by atoms with Crippen molar-refractivity contribution in [1.82, 2.24) is 0 Å². The van der Waals surface area contributed by atoms with Crippen LogP contribution in [0.2, 0.25) is 0 Å². The predicted octanol–water partition coefficient (Wildman–Crippen LogP) is 3.13. The van der Waals surface area contributed by atoms with Gasteiger partial charge in [0.1, 0.15) is 0 Å².